The first-order chi connectivity index (χ1) is 16.0. The SMILES string of the molecule is CCNC(=O)OCC1(COc2c(-c3ccc4c(c3)COC4=O)ccc(OC)c2OC)COC1. The fraction of sp³-hybridized carbons (Fsp3) is 0.417. The van der Waals surface area contributed by atoms with Crippen molar-refractivity contribution < 1.29 is 38.0 Å². The van der Waals surface area contributed by atoms with E-state index in [-0.39, 0.29) is 25.8 Å². The molecule has 2 aliphatic rings. The van der Waals surface area contributed by atoms with Gasteiger partial charge in [0.15, 0.2) is 11.5 Å². The highest BCUT2D eigenvalue weighted by molar-refractivity contribution is 5.94. The monoisotopic (exact) mass is 457 g/mol. The molecule has 0 radical (unpaired) electrons. The number of fused-ring (bicyclic) bond motifs is 1. The van der Waals surface area contributed by atoms with Crippen LogP contribution in [0, 0.1) is 5.41 Å². The molecule has 0 atom stereocenters. The Balaban J connectivity index is 1.62. The number of carbonyl (C=O) groups is 2. The number of esters is 1. The third-order valence-electron chi connectivity index (χ3n) is 5.66. The quantitative estimate of drug-likeness (QED) is 0.573. The van der Waals surface area contributed by atoms with Gasteiger partial charge in [0.25, 0.3) is 0 Å². The number of cyclic esters (lactones) is 1. The molecule has 2 heterocycles. The number of hydrogen-bond acceptors (Lipinski definition) is 8. The summed E-state index contributed by atoms with van der Waals surface area (Å²) in [6.45, 7) is 3.78. The molecule has 0 bridgehead atoms. The molecule has 2 aliphatic heterocycles. The van der Waals surface area contributed by atoms with Gasteiger partial charge in [-0.05, 0) is 36.8 Å². The second-order valence-electron chi connectivity index (χ2n) is 8.01. The maximum Gasteiger partial charge on any atom is 0.407 e. The predicted molar refractivity (Wildman–Crippen MR) is 118 cm³/mol. The molecule has 0 saturated carbocycles. The number of methoxy groups -OCH3 is 2. The number of benzene rings is 2. The largest absolute Gasteiger partial charge is 0.493 e. The standard InChI is InChI=1S/C24H27NO8/c1-4-25-23(27)33-14-24(11-30-12-24)13-32-20-17(7-8-19(28-2)21(20)29-3)15-5-6-18-16(9-15)10-31-22(18)26/h5-9H,4,10-14H2,1-3H3,(H,25,27). The van der Waals surface area contributed by atoms with Crippen molar-refractivity contribution in [1.29, 1.82) is 0 Å². The minimum absolute atomic E-state index is 0.165. The zero-order valence-corrected chi connectivity index (χ0v) is 18.9. The van der Waals surface area contributed by atoms with Crippen molar-refractivity contribution in [2.45, 2.75) is 13.5 Å². The second kappa shape index (κ2) is 9.58. The maximum atomic E-state index is 11.8. The number of amides is 1. The van der Waals surface area contributed by atoms with E-state index in [1.807, 2.05) is 25.1 Å². The van der Waals surface area contributed by atoms with Crippen molar-refractivity contribution in [3.63, 3.8) is 0 Å². The van der Waals surface area contributed by atoms with Gasteiger partial charge in [-0.3, -0.25) is 0 Å². The van der Waals surface area contributed by atoms with Crippen molar-refractivity contribution in [2.24, 2.45) is 5.41 Å². The van der Waals surface area contributed by atoms with Gasteiger partial charge in [-0.1, -0.05) is 6.07 Å². The molecule has 0 spiro atoms. The minimum atomic E-state index is -0.474. The molecule has 1 N–H and O–H groups in total. The lowest BCUT2D eigenvalue weighted by Crippen LogP contribution is -2.51. The van der Waals surface area contributed by atoms with Crippen LogP contribution in [-0.4, -0.2) is 59.3 Å². The second-order valence-corrected chi connectivity index (χ2v) is 8.01. The van der Waals surface area contributed by atoms with E-state index in [2.05, 4.69) is 5.32 Å². The van der Waals surface area contributed by atoms with Crippen molar-refractivity contribution >= 4 is 12.1 Å². The van der Waals surface area contributed by atoms with Crippen molar-refractivity contribution in [3.05, 3.63) is 41.5 Å². The fourth-order valence-electron chi connectivity index (χ4n) is 3.81. The van der Waals surface area contributed by atoms with Crippen LogP contribution in [0.25, 0.3) is 11.1 Å². The van der Waals surface area contributed by atoms with Gasteiger partial charge < -0.3 is 33.7 Å². The molecule has 9 heteroatoms. The lowest BCUT2D eigenvalue weighted by molar-refractivity contribution is -0.153. The normalized spacial score (nSPS) is 15.7. The Labute approximate surface area is 191 Å². The number of carbonyl (C=O) groups excluding carboxylic acids is 2. The first-order valence-electron chi connectivity index (χ1n) is 10.7. The highest BCUT2D eigenvalue weighted by Gasteiger charge is 2.42. The molecule has 0 aliphatic carbocycles. The van der Waals surface area contributed by atoms with Gasteiger partial charge in [0, 0.05) is 17.7 Å². The van der Waals surface area contributed by atoms with Crippen LogP contribution in [0.4, 0.5) is 4.79 Å². The Kier molecular flexibility index (Phi) is 6.60. The first-order valence-corrected chi connectivity index (χ1v) is 10.7. The van der Waals surface area contributed by atoms with E-state index < -0.39 is 11.5 Å². The van der Waals surface area contributed by atoms with Crippen LogP contribution in [0.3, 0.4) is 0 Å². The van der Waals surface area contributed by atoms with Crippen molar-refractivity contribution in [2.75, 3.05) is 47.2 Å². The van der Waals surface area contributed by atoms with Gasteiger partial charge in [-0.25, -0.2) is 9.59 Å². The summed E-state index contributed by atoms with van der Waals surface area (Å²) in [5, 5.41) is 2.61. The smallest absolute Gasteiger partial charge is 0.407 e. The summed E-state index contributed by atoms with van der Waals surface area (Å²) in [7, 11) is 3.10. The molecule has 1 saturated heterocycles. The summed E-state index contributed by atoms with van der Waals surface area (Å²) in [5.74, 6) is 1.14. The summed E-state index contributed by atoms with van der Waals surface area (Å²) < 4.78 is 33.3. The summed E-state index contributed by atoms with van der Waals surface area (Å²) in [6, 6.07) is 9.19. The van der Waals surface area contributed by atoms with E-state index in [1.165, 1.54) is 0 Å². The molecule has 1 fully saturated rings. The number of hydrogen-bond donors (Lipinski definition) is 1. The molecule has 9 nitrogen and oxygen atoms in total. The van der Waals surface area contributed by atoms with Crippen LogP contribution in [0.2, 0.25) is 0 Å². The van der Waals surface area contributed by atoms with Gasteiger partial charge in [0.2, 0.25) is 5.75 Å². The van der Waals surface area contributed by atoms with Gasteiger partial charge in [-0.2, -0.15) is 0 Å². The first kappa shape index (κ1) is 22.7. The maximum absolute atomic E-state index is 11.8. The summed E-state index contributed by atoms with van der Waals surface area (Å²) in [4.78, 5) is 23.6. The Bertz CT molecular complexity index is 1050. The van der Waals surface area contributed by atoms with E-state index in [0.717, 1.165) is 16.7 Å². The molecule has 2 aromatic rings. The van der Waals surface area contributed by atoms with Gasteiger partial charge in [0.05, 0.1) is 38.4 Å². The Morgan fingerprint density at radius 1 is 1.06 bits per heavy atom. The molecule has 176 valence electrons. The number of alkyl carbamates (subject to hydrolysis) is 1. The van der Waals surface area contributed by atoms with Crippen LogP contribution in [0.5, 0.6) is 17.2 Å². The van der Waals surface area contributed by atoms with Crippen LogP contribution in [0.15, 0.2) is 30.3 Å². The number of nitrogens with one attached hydrogen (secondary N) is 1. The molecule has 1 amide bonds. The third kappa shape index (κ3) is 4.54. The number of ether oxygens (including phenoxy) is 6. The third-order valence-corrected chi connectivity index (χ3v) is 5.66. The topological polar surface area (TPSA) is 102 Å². The van der Waals surface area contributed by atoms with E-state index in [1.54, 1.807) is 26.4 Å². The van der Waals surface area contributed by atoms with Gasteiger partial charge in [-0.15, -0.1) is 0 Å². The summed E-state index contributed by atoms with van der Waals surface area (Å²) in [5.41, 5.74) is 2.54. The lowest BCUT2D eigenvalue weighted by atomic mass is 9.88. The van der Waals surface area contributed by atoms with E-state index in [0.29, 0.717) is 42.6 Å². The molecule has 0 aromatic heterocycles. The summed E-state index contributed by atoms with van der Waals surface area (Å²) >= 11 is 0. The summed E-state index contributed by atoms with van der Waals surface area (Å²) in [6.07, 6.45) is -0.474. The molecule has 4 rings (SSSR count). The van der Waals surface area contributed by atoms with E-state index in [9.17, 15) is 9.59 Å². The van der Waals surface area contributed by atoms with Crippen LogP contribution in [-0.2, 0) is 20.8 Å². The fourth-order valence-corrected chi connectivity index (χ4v) is 3.81. The van der Waals surface area contributed by atoms with Crippen molar-refractivity contribution in [1.82, 2.24) is 5.32 Å². The Hall–Kier alpha value is -3.46. The minimum Gasteiger partial charge on any atom is -0.493 e. The van der Waals surface area contributed by atoms with E-state index in [4.69, 9.17) is 28.4 Å². The molecule has 2 aromatic carbocycles. The molecule has 33 heavy (non-hydrogen) atoms. The van der Waals surface area contributed by atoms with Crippen LogP contribution < -0.4 is 19.5 Å². The highest BCUT2D eigenvalue weighted by Crippen LogP contribution is 2.46. The zero-order valence-electron chi connectivity index (χ0n) is 18.9. The Morgan fingerprint density at radius 2 is 1.85 bits per heavy atom. The average molecular weight is 457 g/mol. The highest BCUT2D eigenvalue weighted by atomic mass is 16.6. The van der Waals surface area contributed by atoms with Crippen LogP contribution >= 0.6 is 0 Å². The lowest BCUT2D eigenvalue weighted by Gasteiger charge is -2.40. The van der Waals surface area contributed by atoms with Crippen molar-refractivity contribution in [3.8, 4) is 28.4 Å². The zero-order chi connectivity index (χ0) is 23.4. The predicted octanol–water partition coefficient (Wildman–Crippen LogP) is 3.18. The molecule has 0 unspecified atom stereocenters. The van der Waals surface area contributed by atoms with Crippen LogP contribution in [0.1, 0.15) is 22.8 Å². The molecular formula is C24H27NO8. The Morgan fingerprint density at radius 3 is 2.52 bits per heavy atom. The van der Waals surface area contributed by atoms with Gasteiger partial charge >= 0.3 is 12.1 Å². The average Bonchev–Trinajstić information content (AvgIpc) is 3.17. The molecular weight excluding hydrogens is 430 g/mol. The number of rotatable bonds is 9. The van der Waals surface area contributed by atoms with E-state index >= 15 is 0 Å². The van der Waals surface area contributed by atoms with Gasteiger partial charge in [0.1, 0.15) is 19.8 Å².